The molecule has 1 heterocycles. The monoisotopic (exact) mass is 270 g/mol. The summed E-state index contributed by atoms with van der Waals surface area (Å²) in [7, 11) is 1.67. The highest BCUT2D eigenvalue weighted by atomic mass is 16.5. The summed E-state index contributed by atoms with van der Waals surface area (Å²) in [5, 5.41) is 14.0. The summed E-state index contributed by atoms with van der Waals surface area (Å²) in [6.45, 7) is 7.07. The van der Waals surface area contributed by atoms with Crippen molar-refractivity contribution in [2.45, 2.75) is 46.3 Å². The Kier molecular flexibility index (Phi) is 7.70. The van der Waals surface area contributed by atoms with Crippen LogP contribution in [-0.4, -0.2) is 41.8 Å². The lowest BCUT2D eigenvalue weighted by molar-refractivity contribution is 0.0676. The van der Waals surface area contributed by atoms with Crippen molar-refractivity contribution >= 4 is 0 Å². The lowest BCUT2D eigenvalue weighted by Crippen LogP contribution is -2.09. The molecule has 110 valence electrons. The standard InChI is InChI=1S/C14H26N2O3/c1-4-13-12(11-17)14(5-2)16(15-13)7-6-8-19-10-9-18-3/h17H,4-11H2,1-3H3. The largest absolute Gasteiger partial charge is 0.392 e. The second-order valence-corrected chi connectivity index (χ2v) is 4.42. The first-order chi connectivity index (χ1) is 9.28. The van der Waals surface area contributed by atoms with E-state index in [1.54, 1.807) is 7.11 Å². The van der Waals surface area contributed by atoms with Crippen LogP contribution in [0.3, 0.4) is 0 Å². The summed E-state index contributed by atoms with van der Waals surface area (Å²) in [5.74, 6) is 0. The normalized spacial score (nSPS) is 11.2. The van der Waals surface area contributed by atoms with Crippen molar-refractivity contribution in [1.29, 1.82) is 0 Å². The van der Waals surface area contributed by atoms with Gasteiger partial charge in [0.25, 0.3) is 0 Å². The Labute approximate surface area is 115 Å². The zero-order chi connectivity index (χ0) is 14.1. The highest BCUT2D eigenvalue weighted by molar-refractivity contribution is 5.25. The number of aryl methyl sites for hydroxylation is 2. The smallest absolute Gasteiger partial charge is 0.0718 e. The number of rotatable bonds is 10. The Hall–Kier alpha value is -0.910. The molecule has 0 saturated carbocycles. The molecule has 0 aliphatic rings. The van der Waals surface area contributed by atoms with Gasteiger partial charge >= 0.3 is 0 Å². The fraction of sp³-hybridized carbons (Fsp3) is 0.786. The molecule has 5 nitrogen and oxygen atoms in total. The molecule has 0 bridgehead atoms. The van der Waals surface area contributed by atoms with Crippen molar-refractivity contribution in [1.82, 2.24) is 9.78 Å². The number of hydrogen-bond donors (Lipinski definition) is 1. The van der Waals surface area contributed by atoms with Crippen LogP contribution >= 0.6 is 0 Å². The molecule has 1 aromatic heterocycles. The second kappa shape index (κ2) is 9.07. The minimum Gasteiger partial charge on any atom is -0.392 e. The second-order valence-electron chi connectivity index (χ2n) is 4.42. The third kappa shape index (κ3) is 4.60. The first kappa shape index (κ1) is 16.1. The van der Waals surface area contributed by atoms with Crippen molar-refractivity contribution < 1.29 is 14.6 Å². The van der Waals surface area contributed by atoms with E-state index >= 15 is 0 Å². The molecule has 0 atom stereocenters. The molecule has 0 unspecified atom stereocenters. The maximum atomic E-state index is 9.45. The zero-order valence-electron chi connectivity index (χ0n) is 12.3. The molecule has 5 heteroatoms. The Bertz CT molecular complexity index is 364. The summed E-state index contributed by atoms with van der Waals surface area (Å²) >= 11 is 0. The number of aliphatic hydroxyl groups excluding tert-OH is 1. The number of ether oxygens (including phenoxy) is 2. The van der Waals surface area contributed by atoms with Gasteiger partial charge in [-0.15, -0.1) is 0 Å². The van der Waals surface area contributed by atoms with E-state index < -0.39 is 0 Å². The maximum absolute atomic E-state index is 9.45. The van der Waals surface area contributed by atoms with Crippen molar-refractivity contribution in [3.05, 3.63) is 17.0 Å². The third-order valence-electron chi connectivity index (χ3n) is 3.17. The van der Waals surface area contributed by atoms with Crippen LogP contribution in [-0.2, 0) is 35.5 Å². The van der Waals surface area contributed by atoms with Gasteiger partial charge in [0.1, 0.15) is 0 Å². The van der Waals surface area contributed by atoms with E-state index in [-0.39, 0.29) is 6.61 Å². The molecule has 0 amide bonds. The van der Waals surface area contributed by atoms with Crippen molar-refractivity contribution in [3.8, 4) is 0 Å². The van der Waals surface area contributed by atoms with Gasteiger partial charge in [-0.3, -0.25) is 4.68 Å². The summed E-state index contributed by atoms with van der Waals surface area (Å²) in [6.07, 6.45) is 2.68. The van der Waals surface area contributed by atoms with Crippen LogP contribution in [0.2, 0.25) is 0 Å². The average Bonchev–Trinajstić information content (AvgIpc) is 2.79. The van der Waals surface area contributed by atoms with Crippen LogP contribution in [0.1, 0.15) is 37.2 Å². The molecule has 0 spiro atoms. The van der Waals surface area contributed by atoms with E-state index in [0.29, 0.717) is 19.8 Å². The minimum atomic E-state index is 0.0800. The van der Waals surface area contributed by atoms with Crippen LogP contribution in [0.4, 0.5) is 0 Å². The van der Waals surface area contributed by atoms with Crippen LogP contribution in [0.15, 0.2) is 0 Å². The summed E-state index contributed by atoms with van der Waals surface area (Å²) < 4.78 is 12.4. The first-order valence-corrected chi connectivity index (χ1v) is 7.03. The lowest BCUT2D eigenvalue weighted by Gasteiger charge is -2.07. The molecule has 1 N–H and O–H groups in total. The highest BCUT2D eigenvalue weighted by Gasteiger charge is 2.13. The van der Waals surface area contributed by atoms with Crippen molar-refractivity contribution in [3.63, 3.8) is 0 Å². The van der Waals surface area contributed by atoms with Crippen LogP contribution in [0, 0.1) is 0 Å². The predicted molar refractivity (Wildman–Crippen MR) is 74.2 cm³/mol. The summed E-state index contributed by atoms with van der Waals surface area (Å²) in [4.78, 5) is 0. The van der Waals surface area contributed by atoms with E-state index in [0.717, 1.165) is 42.8 Å². The Morgan fingerprint density at radius 2 is 1.95 bits per heavy atom. The van der Waals surface area contributed by atoms with Crippen LogP contribution in [0.25, 0.3) is 0 Å². The van der Waals surface area contributed by atoms with Gasteiger partial charge in [0.05, 0.1) is 25.5 Å². The first-order valence-electron chi connectivity index (χ1n) is 7.03. The van der Waals surface area contributed by atoms with Gasteiger partial charge in [-0.05, 0) is 19.3 Å². The van der Waals surface area contributed by atoms with Gasteiger partial charge in [-0.25, -0.2) is 0 Å². The van der Waals surface area contributed by atoms with Crippen molar-refractivity contribution in [2.24, 2.45) is 0 Å². The topological polar surface area (TPSA) is 56.5 Å². The quantitative estimate of drug-likeness (QED) is 0.655. The zero-order valence-corrected chi connectivity index (χ0v) is 12.3. The molecule has 0 aliphatic carbocycles. The van der Waals surface area contributed by atoms with Crippen LogP contribution in [0.5, 0.6) is 0 Å². The Morgan fingerprint density at radius 1 is 1.16 bits per heavy atom. The number of methoxy groups -OCH3 is 1. The van der Waals surface area contributed by atoms with Gasteiger partial charge in [-0.2, -0.15) is 5.10 Å². The number of aliphatic hydroxyl groups is 1. The molecule has 19 heavy (non-hydrogen) atoms. The van der Waals surface area contributed by atoms with Gasteiger partial charge < -0.3 is 14.6 Å². The van der Waals surface area contributed by atoms with Gasteiger partial charge in [0.15, 0.2) is 0 Å². The van der Waals surface area contributed by atoms with E-state index in [1.807, 2.05) is 4.68 Å². The Morgan fingerprint density at radius 3 is 2.53 bits per heavy atom. The van der Waals surface area contributed by atoms with Gasteiger partial charge in [-0.1, -0.05) is 13.8 Å². The van der Waals surface area contributed by atoms with Gasteiger partial charge in [0, 0.05) is 31.5 Å². The molecule has 0 aliphatic heterocycles. The molecule has 0 radical (unpaired) electrons. The SMILES string of the molecule is CCc1nn(CCCOCCOC)c(CC)c1CO. The molecule has 1 rings (SSSR count). The van der Waals surface area contributed by atoms with Crippen molar-refractivity contribution in [2.75, 3.05) is 26.9 Å². The third-order valence-corrected chi connectivity index (χ3v) is 3.17. The van der Waals surface area contributed by atoms with Gasteiger partial charge in [0.2, 0.25) is 0 Å². The van der Waals surface area contributed by atoms with E-state index in [1.165, 1.54) is 0 Å². The molecular formula is C14H26N2O3. The number of aromatic nitrogens is 2. The van der Waals surface area contributed by atoms with E-state index in [9.17, 15) is 5.11 Å². The average molecular weight is 270 g/mol. The summed E-state index contributed by atoms with van der Waals surface area (Å²) in [6, 6.07) is 0. The summed E-state index contributed by atoms with van der Waals surface area (Å²) in [5.41, 5.74) is 3.17. The number of nitrogens with zero attached hydrogens (tertiary/aromatic N) is 2. The fourth-order valence-electron chi connectivity index (χ4n) is 2.20. The fourth-order valence-corrected chi connectivity index (χ4v) is 2.20. The van der Waals surface area contributed by atoms with E-state index in [4.69, 9.17) is 9.47 Å². The molecule has 0 saturated heterocycles. The molecular weight excluding hydrogens is 244 g/mol. The van der Waals surface area contributed by atoms with Crippen LogP contribution < -0.4 is 0 Å². The highest BCUT2D eigenvalue weighted by Crippen LogP contribution is 2.16. The molecule has 1 aromatic rings. The predicted octanol–water partition coefficient (Wildman–Crippen LogP) is 1.55. The minimum absolute atomic E-state index is 0.0800. The lowest BCUT2D eigenvalue weighted by atomic mass is 10.1. The maximum Gasteiger partial charge on any atom is 0.0718 e. The number of hydrogen-bond acceptors (Lipinski definition) is 4. The van der Waals surface area contributed by atoms with E-state index in [2.05, 4.69) is 18.9 Å². The molecule has 0 aromatic carbocycles. The Balaban J connectivity index is 2.50. The molecule has 0 fully saturated rings.